The van der Waals surface area contributed by atoms with Crippen LogP contribution in [-0.2, 0) is 22.7 Å². The number of hydrogen-bond acceptors (Lipinski definition) is 2. The molecule has 0 fully saturated rings. The van der Waals surface area contributed by atoms with Crippen LogP contribution >= 0.6 is 78.3 Å². The van der Waals surface area contributed by atoms with Crippen molar-refractivity contribution in [2.45, 2.75) is 24.9 Å². The zero-order valence-electron chi connectivity index (χ0n) is 24.5. The maximum atomic E-state index is 12.1. The highest BCUT2D eigenvalue weighted by molar-refractivity contribution is 9.10. The van der Waals surface area contributed by atoms with Gasteiger partial charge in [0.1, 0.15) is 0 Å². The van der Waals surface area contributed by atoms with Crippen LogP contribution in [0.3, 0.4) is 0 Å². The Morgan fingerprint density at radius 3 is 1.30 bits per heavy atom. The first kappa shape index (κ1) is 34.7. The molecule has 4 aromatic carbocycles. The van der Waals surface area contributed by atoms with Gasteiger partial charge in [-0.2, -0.15) is 0 Å². The third-order valence-corrected chi connectivity index (χ3v) is 10.5. The smallest absolute Gasteiger partial charge is 0.246 e. The van der Waals surface area contributed by atoms with Gasteiger partial charge in [-0.25, -0.2) is 0 Å². The van der Waals surface area contributed by atoms with E-state index in [1.807, 2.05) is 60.7 Å². The Morgan fingerprint density at radius 1 is 0.630 bits per heavy atom. The molecule has 10 heteroatoms. The monoisotopic (exact) mass is 818 g/mol. The highest BCUT2D eigenvalue weighted by atomic mass is 79.9. The summed E-state index contributed by atoms with van der Waals surface area (Å²) >= 11 is 32.7. The number of fused-ring (bicyclic) bond motifs is 2. The van der Waals surface area contributed by atoms with Crippen molar-refractivity contribution < 1.29 is 9.59 Å². The first-order valence-electron chi connectivity index (χ1n) is 14.3. The van der Waals surface area contributed by atoms with Crippen LogP contribution in [0.25, 0.3) is 0 Å². The van der Waals surface area contributed by atoms with Crippen LogP contribution in [0, 0.1) is 0 Å². The van der Waals surface area contributed by atoms with Gasteiger partial charge in [-0.05, 0) is 94.1 Å². The van der Waals surface area contributed by atoms with Crippen molar-refractivity contribution in [2.75, 3.05) is 13.1 Å². The van der Waals surface area contributed by atoms with Crippen LogP contribution in [0.15, 0.2) is 107 Å². The molecule has 0 aliphatic carbocycles. The van der Waals surface area contributed by atoms with Gasteiger partial charge >= 0.3 is 0 Å². The van der Waals surface area contributed by atoms with E-state index < -0.39 is 0 Å². The molecule has 4 aromatic rings. The van der Waals surface area contributed by atoms with Gasteiger partial charge < -0.3 is 9.80 Å². The molecule has 2 aliphatic heterocycles. The SMILES string of the molecule is C=CC(=O)N1Cc2ccc(Br)cc2[C@@H](c2c(Cl)cccc2Cl)C1.C=CC(=O)N1Cc2ccc(Br)cc2[C@H](c2c(Cl)cccc2Cl)C1. The minimum atomic E-state index is -0.0910. The number of rotatable bonds is 4. The molecule has 0 saturated heterocycles. The lowest BCUT2D eigenvalue weighted by molar-refractivity contribution is -0.127. The quantitative estimate of drug-likeness (QED) is 0.192. The van der Waals surface area contributed by atoms with Gasteiger partial charge in [-0.15, -0.1) is 0 Å². The van der Waals surface area contributed by atoms with Crippen molar-refractivity contribution in [1.29, 1.82) is 0 Å². The van der Waals surface area contributed by atoms with Crippen LogP contribution in [0.5, 0.6) is 0 Å². The van der Waals surface area contributed by atoms with Crippen LogP contribution in [-0.4, -0.2) is 34.7 Å². The van der Waals surface area contributed by atoms with Crippen molar-refractivity contribution in [3.63, 3.8) is 0 Å². The van der Waals surface area contributed by atoms with Gasteiger partial charge in [0.25, 0.3) is 0 Å². The molecule has 2 heterocycles. The number of carbonyl (C=O) groups is 2. The molecule has 2 amide bonds. The number of carbonyl (C=O) groups excluding carboxylic acids is 2. The molecule has 0 unspecified atom stereocenters. The first-order chi connectivity index (χ1) is 22.0. The second-order valence-electron chi connectivity index (χ2n) is 10.9. The van der Waals surface area contributed by atoms with Gasteiger partial charge in [-0.1, -0.05) is 116 Å². The van der Waals surface area contributed by atoms with E-state index in [9.17, 15) is 9.59 Å². The number of amides is 2. The number of nitrogens with zero attached hydrogens (tertiary/aromatic N) is 2. The highest BCUT2D eigenvalue weighted by Crippen LogP contribution is 2.42. The Morgan fingerprint density at radius 2 is 0.978 bits per heavy atom. The molecule has 2 atom stereocenters. The third-order valence-electron chi connectivity index (χ3n) is 8.16. The van der Waals surface area contributed by atoms with E-state index >= 15 is 0 Å². The molecular formula is C36H28Br2Cl4N2O2. The minimum absolute atomic E-state index is 0.0682. The van der Waals surface area contributed by atoms with E-state index in [-0.39, 0.29) is 23.7 Å². The molecule has 0 N–H and O–H groups in total. The predicted octanol–water partition coefficient (Wildman–Crippen LogP) is 10.8. The van der Waals surface area contributed by atoms with Gasteiger partial charge in [0.05, 0.1) is 0 Å². The Balaban J connectivity index is 0.000000181. The average Bonchev–Trinajstić information content (AvgIpc) is 3.04. The van der Waals surface area contributed by atoms with Gasteiger partial charge in [-0.3, -0.25) is 9.59 Å². The molecule has 0 aromatic heterocycles. The molecule has 2 aliphatic rings. The number of benzene rings is 4. The molecule has 0 bridgehead atoms. The number of hydrogen-bond donors (Lipinski definition) is 0. The standard InChI is InChI=1S/2C18H14BrCl2NO/c2*1-2-17(23)22-9-11-6-7-12(19)8-13(11)14(10-22)18-15(20)4-3-5-16(18)21/h2*2-8,14H,1,9-10H2/t2*14-/m10/s1. The summed E-state index contributed by atoms with van der Waals surface area (Å²) in [4.78, 5) is 27.8. The molecule has 0 saturated carbocycles. The second kappa shape index (κ2) is 15.1. The van der Waals surface area contributed by atoms with Gasteiger partial charge in [0, 0.05) is 67.1 Å². The van der Waals surface area contributed by atoms with Crippen LogP contribution in [0.4, 0.5) is 0 Å². The predicted molar refractivity (Wildman–Crippen MR) is 196 cm³/mol. The van der Waals surface area contributed by atoms with E-state index in [2.05, 4.69) is 57.2 Å². The largest absolute Gasteiger partial charge is 0.334 e. The topological polar surface area (TPSA) is 40.6 Å². The van der Waals surface area contributed by atoms with E-state index in [0.717, 1.165) is 42.3 Å². The zero-order valence-corrected chi connectivity index (χ0v) is 30.7. The van der Waals surface area contributed by atoms with Crippen molar-refractivity contribution >= 4 is 90.1 Å². The summed E-state index contributed by atoms with van der Waals surface area (Å²) in [6.45, 7) is 9.35. The Bertz CT molecular complexity index is 1670. The maximum absolute atomic E-state index is 12.1. The summed E-state index contributed by atoms with van der Waals surface area (Å²) in [6, 6.07) is 23.1. The average molecular weight is 822 g/mol. The minimum Gasteiger partial charge on any atom is -0.334 e. The fourth-order valence-corrected chi connectivity index (χ4v) is 8.10. The first-order valence-corrected chi connectivity index (χ1v) is 17.4. The van der Waals surface area contributed by atoms with Crippen molar-refractivity contribution in [3.05, 3.63) is 161 Å². The number of halogens is 6. The summed E-state index contributed by atoms with van der Waals surface area (Å²) in [5.74, 6) is -0.318. The maximum Gasteiger partial charge on any atom is 0.246 e. The molecule has 6 rings (SSSR count). The second-order valence-corrected chi connectivity index (χ2v) is 14.4. The fraction of sp³-hybridized carbons (Fsp3) is 0.167. The normalized spacial score (nSPS) is 16.8. The molecule has 0 radical (unpaired) electrons. The third kappa shape index (κ3) is 7.43. The molecule has 46 heavy (non-hydrogen) atoms. The van der Waals surface area contributed by atoms with Crippen LogP contribution < -0.4 is 0 Å². The van der Waals surface area contributed by atoms with Crippen LogP contribution in [0.2, 0.25) is 20.1 Å². The van der Waals surface area contributed by atoms with Crippen LogP contribution in [0.1, 0.15) is 45.2 Å². The Labute approximate surface area is 305 Å². The molecule has 0 spiro atoms. The van der Waals surface area contributed by atoms with Gasteiger partial charge in [0.15, 0.2) is 0 Å². The van der Waals surface area contributed by atoms with Gasteiger partial charge in [0.2, 0.25) is 11.8 Å². The highest BCUT2D eigenvalue weighted by Gasteiger charge is 2.32. The summed E-state index contributed by atoms with van der Waals surface area (Å²) in [6.07, 6.45) is 2.68. The Hall–Kier alpha value is -2.58. The van der Waals surface area contributed by atoms with Crippen molar-refractivity contribution in [3.8, 4) is 0 Å². The lowest BCUT2D eigenvalue weighted by Crippen LogP contribution is -2.37. The summed E-state index contributed by atoms with van der Waals surface area (Å²) in [5.41, 5.74) is 6.18. The summed E-state index contributed by atoms with van der Waals surface area (Å²) in [7, 11) is 0. The zero-order chi connectivity index (χ0) is 33.1. The van der Waals surface area contributed by atoms with E-state index in [0.29, 0.717) is 46.3 Å². The lowest BCUT2D eigenvalue weighted by atomic mass is 9.84. The molecule has 4 nitrogen and oxygen atoms in total. The molecular weight excluding hydrogens is 794 g/mol. The van der Waals surface area contributed by atoms with E-state index in [1.54, 1.807) is 9.80 Å². The van der Waals surface area contributed by atoms with Crippen molar-refractivity contribution in [2.24, 2.45) is 0 Å². The van der Waals surface area contributed by atoms with E-state index in [4.69, 9.17) is 46.4 Å². The fourth-order valence-electron chi connectivity index (χ4n) is 6.02. The summed E-state index contributed by atoms with van der Waals surface area (Å²) < 4.78 is 1.99. The van der Waals surface area contributed by atoms with Crippen molar-refractivity contribution in [1.82, 2.24) is 9.80 Å². The summed E-state index contributed by atoms with van der Waals surface area (Å²) in [5, 5.41) is 2.45. The molecule has 236 valence electrons. The van der Waals surface area contributed by atoms with E-state index in [1.165, 1.54) is 12.2 Å². The lowest BCUT2D eigenvalue weighted by Gasteiger charge is -2.35. The Kier molecular flexibility index (Phi) is 11.4.